The maximum Gasteiger partial charge on any atom is 0.416 e. The molecule has 44 heavy (non-hydrogen) atoms. The largest absolute Gasteiger partial charge is 0.416 e. The number of hydrogen-bond acceptors (Lipinski definition) is 6. The van der Waals surface area contributed by atoms with E-state index in [4.69, 9.17) is 23.1 Å². The Morgan fingerprint density at radius 1 is 0.659 bits per heavy atom. The zero-order valence-corrected chi connectivity index (χ0v) is 24.4. The summed E-state index contributed by atoms with van der Waals surface area (Å²) < 4.78 is 204. The molecule has 0 radical (unpaired) electrons. The highest BCUT2D eigenvalue weighted by Crippen LogP contribution is 2.48. The fourth-order valence-corrected chi connectivity index (χ4v) is 5.96. The number of benzene rings is 2. The molecule has 2 aromatic rings. The van der Waals surface area contributed by atoms with E-state index in [-0.39, 0.29) is 31.5 Å². The first-order valence-corrected chi connectivity index (χ1v) is 16.8. The van der Waals surface area contributed by atoms with Gasteiger partial charge in [-0.3, -0.25) is 0 Å². The Bertz CT molecular complexity index is 1150. The Morgan fingerprint density at radius 3 is 1.14 bits per heavy atom. The Morgan fingerprint density at radius 2 is 0.932 bits per heavy atom. The summed E-state index contributed by atoms with van der Waals surface area (Å²) in [5, 5.41) is 2.82. The van der Waals surface area contributed by atoms with Crippen LogP contribution in [0.5, 0.6) is 0 Å². The van der Waals surface area contributed by atoms with Crippen LogP contribution in [-0.4, -0.2) is 25.6 Å². The summed E-state index contributed by atoms with van der Waals surface area (Å²) >= 11 is 0. The Kier molecular flexibility index (Phi) is 10.9. The molecule has 2 aromatic carbocycles. The number of halogens is 13. The van der Waals surface area contributed by atoms with E-state index in [1.54, 1.807) is 0 Å². The van der Waals surface area contributed by atoms with Crippen LogP contribution in [0, 0.1) is 10.2 Å². The summed E-state index contributed by atoms with van der Waals surface area (Å²) in [6.45, 7) is 4.55. The van der Waals surface area contributed by atoms with Crippen molar-refractivity contribution >= 4 is 8.32 Å². The van der Waals surface area contributed by atoms with Crippen LogP contribution in [0.4, 0.5) is 52.7 Å². The van der Waals surface area contributed by atoms with E-state index in [0.29, 0.717) is 24.3 Å². The maximum absolute atomic E-state index is 13.8. The van der Waals surface area contributed by atoms with E-state index in [9.17, 15) is 52.7 Å². The highest BCUT2D eigenvalue weighted by atomic mass is 35.7. The van der Waals surface area contributed by atoms with Crippen LogP contribution in [0.1, 0.15) is 46.2 Å². The minimum Gasteiger partial charge on any atom is -0.403 e. The van der Waals surface area contributed by atoms with Gasteiger partial charge in [-0.15, -0.1) is 0 Å². The van der Waals surface area contributed by atoms with Gasteiger partial charge in [-0.1, -0.05) is 0 Å². The van der Waals surface area contributed by atoms with Crippen LogP contribution in [0.25, 0.3) is 0 Å². The average Bonchev–Trinajstić information content (AvgIpc) is 3.33. The Hall–Kier alpha value is -2.13. The van der Waals surface area contributed by atoms with Gasteiger partial charge < -0.3 is 9.74 Å². The first-order valence-electron chi connectivity index (χ1n) is 12.1. The third-order valence-corrected chi connectivity index (χ3v) is 6.99. The molecule has 0 unspecified atom stereocenters. The van der Waals surface area contributed by atoms with Crippen molar-refractivity contribution in [3.8, 4) is 0 Å². The molecule has 1 saturated heterocycles. The summed E-state index contributed by atoms with van der Waals surface area (Å²) in [7, 11) is -7.84. The van der Waals surface area contributed by atoms with E-state index in [1.165, 1.54) is 19.6 Å². The number of hydrogen-bond donors (Lipinski definition) is 2. The fraction of sp³-hybridized carbons (Fsp3) is 0.500. The quantitative estimate of drug-likeness (QED) is 0.352. The molecule has 1 atom stereocenters. The second-order valence-electron chi connectivity index (χ2n) is 10.6. The Labute approximate surface area is 245 Å². The first-order chi connectivity index (χ1) is 19.4. The van der Waals surface area contributed by atoms with E-state index >= 15 is 0 Å². The van der Waals surface area contributed by atoms with Crippen molar-refractivity contribution < 1.29 is 86.0 Å². The molecular weight excluding hydrogens is 674 g/mol. The summed E-state index contributed by atoms with van der Waals surface area (Å²) in [5.74, 6) is 0. The zero-order valence-electron chi connectivity index (χ0n) is 22.7. The van der Waals surface area contributed by atoms with Crippen molar-refractivity contribution in [2.24, 2.45) is 0 Å². The molecule has 1 heterocycles. The summed E-state index contributed by atoms with van der Waals surface area (Å²) in [6.07, 6.45) is -21.0. The van der Waals surface area contributed by atoms with Crippen LogP contribution in [0.3, 0.4) is 0 Å². The van der Waals surface area contributed by atoms with Gasteiger partial charge >= 0.3 is 24.7 Å². The van der Waals surface area contributed by atoms with Gasteiger partial charge in [-0.05, 0) is 86.6 Å². The van der Waals surface area contributed by atoms with E-state index in [0.717, 1.165) is 0 Å². The topological polar surface area (TPSA) is 111 Å². The molecule has 250 valence electrons. The molecule has 0 aromatic heterocycles. The maximum atomic E-state index is 13.8. The minimum atomic E-state index is -5.32. The summed E-state index contributed by atoms with van der Waals surface area (Å²) in [4.78, 5) is 0. The lowest BCUT2D eigenvalue weighted by Crippen LogP contribution is -2.58. The number of alkyl halides is 12. The van der Waals surface area contributed by atoms with Gasteiger partial charge in [-0.2, -0.15) is 66.7 Å². The van der Waals surface area contributed by atoms with Crippen molar-refractivity contribution in [1.29, 1.82) is 0 Å². The molecule has 2 N–H and O–H groups in total. The number of nitrogens with one attached hydrogen (secondary N) is 1. The van der Waals surface area contributed by atoms with Gasteiger partial charge in [0.25, 0.3) is 0 Å². The molecule has 0 amide bonds. The van der Waals surface area contributed by atoms with Gasteiger partial charge in [0.2, 0.25) is 0 Å². The van der Waals surface area contributed by atoms with Crippen LogP contribution >= 0.6 is 0 Å². The average molecular weight is 698 g/mol. The van der Waals surface area contributed by atoms with Crippen molar-refractivity contribution in [2.75, 3.05) is 6.54 Å². The molecule has 3 rings (SSSR count). The van der Waals surface area contributed by atoms with Crippen molar-refractivity contribution in [3.05, 3.63) is 69.8 Å². The molecule has 1 fully saturated rings. The van der Waals surface area contributed by atoms with E-state index in [1.807, 2.05) is 0 Å². The van der Waals surface area contributed by atoms with Gasteiger partial charge in [0.15, 0.2) is 8.32 Å². The molecule has 6 nitrogen and oxygen atoms in total. The molecule has 1 aliphatic rings. The van der Waals surface area contributed by atoms with E-state index in [2.05, 4.69) is 5.32 Å². The highest BCUT2D eigenvalue weighted by molar-refractivity contribution is 6.69. The number of rotatable bonds is 5. The van der Waals surface area contributed by atoms with Crippen molar-refractivity contribution in [2.45, 2.75) is 68.8 Å². The van der Waals surface area contributed by atoms with Crippen LogP contribution in [-0.2, 0) is 34.7 Å². The summed E-state index contributed by atoms with van der Waals surface area (Å²) in [5.41, 5.74) is -11.4. The smallest absolute Gasteiger partial charge is 0.403 e. The van der Waals surface area contributed by atoms with Crippen molar-refractivity contribution in [1.82, 2.24) is 5.32 Å². The second kappa shape index (κ2) is 12.6. The summed E-state index contributed by atoms with van der Waals surface area (Å²) in [6, 6.07) is -0.410. The van der Waals surface area contributed by atoms with Gasteiger partial charge in [0.1, 0.15) is 5.60 Å². The van der Waals surface area contributed by atoms with E-state index < -0.39 is 88.3 Å². The van der Waals surface area contributed by atoms with Crippen LogP contribution in [0.2, 0.25) is 19.6 Å². The van der Waals surface area contributed by atoms with Crippen LogP contribution in [0.15, 0.2) is 36.4 Å². The second-order valence-corrected chi connectivity index (χ2v) is 15.8. The monoisotopic (exact) mass is 697 g/mol. The lowest BCUT2D eigenvalue weighted by molar-refractivity contribution is -1.92. The van der Waals surface area contributed by atoms with Gasteiger partial charge in [-0.25, -0.2) is 0 Å². The third kappa shape index (κ3) is 10.2. The third-order valence-electron chi connectivity index (χ3n) is 6.05. The Balaban J connectivity index is 0.00000125. The first kappa shape index (κ1) is 38.1. The zero-order chi connectivity index (χ0) is 34.3. The predicted molar refractivity (Wildman–Crippen MR) is 121 cm³/mol. The van der Waals surface area contributed by atoms with Gasteiger partial charge in [0, 0.05) is 6.04 Å². The standard InChI is InChI=1S/C24H23F12NOSi.ClHO4/c1-39(2,3)38-20(19-5-4-6-37-19,13-7-15(21(25,26)27)11-16(8-13)22(28,29)30)14-9-17(23(31,32)33)12-18(10-14)24(34,35)36;2-1(3,4)5/h7-12,19,37H,4-6H2,1-3H3;(H,2,3,4,5)/t19-;/m0./s1. The molecule has 0 spiro atoms. The molecule has 0 bridgehead atoms. The lowest BCUT2D eigenvalue weighted by Gasteiger charge is -2.45. The molecule has 0 aliphatic carbocycles. The predicted octanol–water partition coefficient (Wildman–Crippen LogP) is 4.48. The van der Waals surface area contributed by atoms with Gasteiger partial charge in [0.05, 0.1) is 37.2 Å². The van der Waals surface area contributed by atoms with Crippen LogP contribution < -0.4 is 19.3 Å². The fourth-order valence-electron chi connectivity index (χ4n) is 4.61. The minimum absolute atomic E-state index is 0.0142. The lowest BCUT2D eigenvalue weighted by atomic mass is 9.77. The highest BCUT2D eigenvalue weighted by Gasteiger charge is 2.51. The molecule has 0 saturated carbocycles. The SMILES string of the molecule is C[Si](C)(C)OC(c1cc(C(F)(F)F)cc(C(F)(F)F)c1)(c1cc(C(F)(F)F)cc(C(F)(F)F)c1)[C@@H]1CCCN1.[O-][Cl+3]([O-])([O-])O. The molecular formula is C24H24ClF12NO5Si. The van der Waals surface area contributed by atoms with Crippen molar-refractivity contribution in [3.63, 3.8) is 0 Å². The normalized spacial score (nSPS) is 17.4. The molecule has 20 heteroatoms. The molecule has 1 aliphatic heterocycles.